The summed E-state index contributed by atoms with van der Waals surface area (Å²) in [7, 11) is 0. The number of nitrogens with one attached hydrogen (secondary N) is 2. The first-order valence-electron chi connectivity index (χ1n) is 6.71. The van der Waals surface area contributed by atoms with Gasteiger partial charge in [-0.05, 0) is 29.7 Å². The van der Waals surface area contributed by atoms with E-state index in [0.29, 0.717) is 19.5 Å². The molecule has 0 saturated heterocycles. The smallest absolute Gasteiger partial charge is 0.315 e. The molecule has 0 atom stereocenters. The first-order valence-corrected chi connectivity index (χ1v) is 6.71. The van der Waals surface area contributed by atoms with Crippen LogP contribution in [0.3, 0.4) is 0 Å². The van der Waals surface area contributed by atoms with Gasteiger partial charge >= 0.3 is 6.03 Å². The standard InChI is InChI=1S/C16H18N2O3/c19-14-7-6-12(10-15(14)20)8-9-17-16(21)18-11-13-4-2-1-3-5-13/h1-7,10,19-20H,8-9,11H2,(H2,17,18,21). The van der Waals surface area contributed by atoms with Crippen LogP contribution in [0.2, 0.25) is 0 Å². The lowest BCUT2D eigenvalue weighted by Crippen LogP contribution is -2.36. The average molecular weight is 286 g/mol. The van der Waals surface area contributed by atoms with Gasteiger partial charge in [0.1, 0.15) is 0 Å². The number of aromatic hydroxyl groups is 2. The van der Waals surface area contributed by atoms with Gasteiger partial charge in [0.2, 0.25) is 0 Å². The maximum Gasteiger partial charge on any atom is 0.315 e. The molecule has 2 aromatic rings. The van der Waals surface area contributed by atoms with Gasteiger partial charge in [0.05, 0.1) is 0 Å². The summed E-state index contributed by atoms with van der Waals surface area (Å²) in [5.74, 6) is -0.298. The molecule has 0 aliphatic rings. The van der Waals surface area contributed by atoms with Gasteiger partial charge < -0.3 is 20.8 Å². The van der Waals surface area contributed by atoms with Crippen molar-refractivity contribution in [1.82, 2.24) is 10.6 Å². The fourth-order valence-electron chi connectivity index (χ4n) is 1.89. The summed E-state index contributed by atoms with van der Waals surface area (Å²) >= 11 is 0. The third kappa shape index (κ3) is 4.72. The molecular formula is C16H18N2O3. The van der Waals surface area contributed by atoms with Crippen molar-refractivity contribution in [3.8, 4) is 11.5 Å². The molecule has 4 N–H and O–H groups in total. The fraction of sp³-hybridized carbons (Fsp3) is 0.188. The molecule has 0 aliphatic heterocycles. The van der Waals surface area contributed by atoms with Crippen LogP contribution >= 0.6 is 0 Å². The van der Waals surface area contributed by atoms with E-state index < -0.39 is 0 Å². The monoisotopic (exact) mass is 286 g/mol. The summed E-state index contributed by atoms with van der Waals surface area (Å²) in [5, 5.41) is 24.1. The first-order chi connectivity index (χ1) is 10.1. The molecule has 0 spiro atoms. The van der Waals surface area contributed by atoms with Gasteiger partial charge in [-0.15, -0.1) is 0 Å². The predicted molar refractivity (Wildman–Crippen MR) is 80.2 cm³/mol. The van der Waals surface area contributed by atoms with E-state index in [0.717, 1.165) is 11.1 Å². The van der Waals surface area contributed by atoms with Crippen LogP contribution in [-0.4, -0.2) is 22.8 Å². The Morgan fingerprint density at radius 1 is 0.905 bits per heavy atom. The van der Waals surface area contributed by atoms with Crippen molar-refractivity contribution in [2.75, 3.05) is 6.54 Å². The van der Waals surface area contributed by atoms with Gasteiger partial charge in [-0.1, -0.05) is 36.4 Å². The van der Waals surface area contributed by atoms with Crippen molar-refractivity contribution >= 4 is 6.03 Å². The zero-order chi connectivity index (χ0) is 15.1. The van der Waals surface area contributed by atoms with E-state index in [1.807, 2.05) is 30.3 Å². The Bertz CT molecular complexity index is 600. The van der Waals surface area contributed by atoms with Crippen LogP contribution in [0.4, 0.5) is 4.79 Å². The van der Waals surface area contributed by atoms with Gasteiger partial charge in [0, 0.05) is 13.1 Å². The van der Waals surface area contributed by atoms with Crippen LogP contribution in [0.1, 0.15) is 11.1 Å². The van der Waals surface area contributed by atoms with E-state index in [9.17, 15) is 15.0 Å². The minimum absolute atomic E-state index is 0.146. The van der Waals surface area contributed by atoms with E-state index in [4.69, 9.17) is 0 Å². The number of phenolic OH excluding ortho intramolecular Hbond substituents is 2. The van der Waals surface area contributed by atoms with Crippen molar-refractivity contribution < 1.29 is 15.0 Å². The lowest BCUT2D eigenvalue weighted by molar-refractivity contribution is 0.240. The van der Waals surface area contributed by atoms with Gasteiger partial charge in [0.25, 0.3) is 0 Å². The largest absolute Gasteiger partial charge is 0.504 e. The number of urea groups is 1. The second-order valence-corrected chi connectivity index (χ2v) is 4.67. The maximum atomic E-state index is 11.6. The number of hydrogen-bond donors (Lipinski definition) is 4. The summed E-state index contributed by atoms with van der Waals surface area (Å²) < 4.78 is 0. The summed E-state index contributed by atoms with van der Waals surface area (Å²) in [6.45, 7) is 0.928. The predicted octanol–water partition coefficient (Wildman–Crippen LogP) is 2.14. The lowest BCUT2D eigenvalue weighted by atomic mass is 10.1. The summed E-state index contributed by atoms with van der Waals surface area (Å²) in [6.07, 6.45) is 0.576. The van der Waals surface area contributed by atoms with Crippen LogP contribution < -0.4 is 10.6 Å². The molecule has 2 amide bonds. The molecule has 5 heteroatoms. The number of hydrogen-bond acceptors (Lipinski definition) is 3. The molecule has 5 nitrogen and oxygen atoms in total. The van der Waals surface area contributed by atoms with Crippen LogP contribution in [0.25, 0.3) is 0 Å². The Labute approximate surface area is 123 Å². The summed E-state index contributed by atoms with van der Waals surface area (Å²) in [6, 6.07) is 14.0. The molecule has 0 saturated carbocycles. The number of rotatable bonds is 5. The first kappa shape index (κ1) is 14.7. The lowest BCUT2D eigenvalue weighted by Gasteiger charge is -2.08. The topological polar surface area (TPSA) is 81.6 Å². The molecule has 0 unspecified atom stereocenters. The third-order valence-electron chi connectivity index (χ3n) is 3.03. The molecule has 2 rings (SSSR count). The van der Waals surface area contributed by atoms with Gasteiger partial charge in [-0.25, -0.2) is 4.79 Å². The minimum Gasteiger partial charge on any atom is -0.504 e. The van der Waals surface area contributed by atoms with Crippen molar-refractivity contribution in [1.29, 1.82) is 0 Å². The Kier molecular flexibility index (Phi) is 5.04. The quantitative estimate of drug-likeness (QED) is 0.636. The Hall–Kier alpha value is -2.69. The van der Waals surface area contributed by atoms with Crippen molar-refractivity contribution in [2.24, 2.45) is 0 Å². The molecule has 0 heterocycles. The normalized spacial score (nSPS) is 10.1. The van der Waals surface area contributed by atoms with E-state index in [-0.39, 0.29) is 17.5 Å². The van der Waals surface area contributed by atoms with Crippen molar-refractivity contribution in [3.05, 3.63) is 59.7 Å². The van der Waals surface area contributed by atoms with Gasteiger partial charge in [-0.2, -0.15) is 0 Å². The molecule has 0 aliphatic carbocycles. The molecule has 0 radical (unpaired) electrons. The Balaban J connectivity index is 1.70. The number of amides is 2. The number of phenols is 2. The molecule has 110 valence electrons. The molecule has 21 heavy (non-hydrogen) atoms. The Morgan fingerprint density at radius 2 is 1.67 bits per heavy atom. The maximum absolute atomic E-state index is 11.6. The van der Waals surface area contributed by atoms with Crippen molar-refractivity contribution in [2.45, 2.75) is 13.0 Å². The van der Waals surface area contributed by atoms with Crippen LogP contribution in [0, 0.1) is 0 Å². The molecular weight excluding hydrogens is 268 g/mol. The Morgan fingerprint density at radius 3 is 2.38 bits per heavy atom. The van der Waals surface area contributed by atoms with Crippen molar-refractivity contribution in [3.63, 3.8) is 0 Å². The van der Waals surface area contributed by atoms with E-state index >= 15 is 0 Å². The highest BCUT2D eigenvalue weighted by atomic mass is 16.3. The molecule has 0 fully saturated rings. The number of benzene rings is 2. The second-order valence-electron chi connectivity index (χ2n) is 4.67. The number of carbonyl (C=O) groups is 1. The molecule has 0 aromatic heterocycles. The molecule has 2 aromatic carbocycles. The highest BCUT2D eigenvalue weighted by Gasteiger charge is 2.02. The third-order valence-corrected chi connectivity index (χ3v) is 3.03. The van der Waals surface area contributed by atoms with E-state index in [2.05, 4.69) is 10.6 Å². The van der Waals surface area contributed by atoms with E-state index in [1.54, 1.807) is 6.07 Å². The SMILES string of the molecule is O=C(NCCc1ccc(O)c(O)c1)NCc1ccccc1. The summed E-state index contributed by atoms with van der Waals surface area (Å²) in [4.78, 5) is 11.6. The van der Waals surface area contributed by atoms with Crippen LogP contribution in [0.15, 0.2) is 48.5 Å². The zero-order valence-electron chi connectivity index (χ0n) is 11.5. The summed E-state index contributed by atoms with van der Waals surface area (Å²) in [5.41, 5.74) is 1.88. The van der Waals surface area contributed by atoms with E-state index in [1.165, 1.54) is 12.1 Å². The van der Waals surface area contributed by atoms with Gasteiger partial charge in [0.15, 0.2) is 11.5 Å². The highest BCUT2D eigenvalue weighted by molar-refractivity contribution is 5.73. The minimum atomic E-state index is -0.234. The van der Waals surface area contributed by atoms with Gasteiger partial charge in [-0.3, -0.25) is 0 Å². The molecule has 0 bridgehead atoms. The van der Waals surface area contributed by atoms with Crippen LogP contribution in [-0.2, 0) is 13.0 Å². The van der Waals surface area contributed by atoms with Crippen LogP contribution in [0.5, 0.6) is 11.5 Å². The average Bonchev–Trinajstić information content (AvgIpc) is 2.50. The highest BCUT2D eigenvalue weighted by Crippen LogP contribution is 2.24. The fourth-order valence-corrected chi connectivity index (χ4v) is 1.89. The zero-order valence-corrected chi connectivity index (χ0v) is 11.5. The second kappa shape index (κ2) is 7.19. The number of carbonyl (C=O) groups excluding carboxylic acids is 1.